The number of benzene rings is 2. The van der Waals surface area contributed by atoms with Gasteiger partial charge < -0.3 is 5.32 Å². The first-order valence-electron chi connectivity index (χ1n) is 5.83. The van der Waals surface area contributed by atoms with Gasteiger partial charge in [-0.15, -0.1) is 0 Å². The van der Waals surface area contributed by atoms with E-state index < -0.39 is 11.6 Å². The summed E-state index contributed by atoms with van der Waals surface area (Å²) in [6.07, 6.45) is 0.378. The number of hydrogen-bond acceptors (Lipinski definition) is 2. The maximum atomic E-state index is 13.0. The van der Waals surface area contributed by atoms with Crippen LogP contribution in [-0.4, -0.2) is 0 Å². The van der Waals surface area contributed by atoms with E-state index in [1.165, 1.54) is 12.1 Å². The van der Waals surface area contributed by atoms with Gasteiger partial charge in [0, 0.05) is 12.2 Å². The van der Waals surface area contributed by atoms with Crippen molar-refractivity contribution in [2.45, 2.75) is 13.0 Å². The number of anilines is 1. The van der Waals surface area contributed by atoms with E-state index in [9.17, 15) is 8.78 Å². The van der Waals surface area contributed by atoms with Gasteiger partial charge in [0.05, 0.1) is 12.5 Å². The van der Waals surface area contributed by atoms with Crippen LogP contribution in [0.5, 0.6) is 0 Å². The first-order valence-corrected chi connectivity index (χ1v) is 5.83. The van der Waals surface area contributed by atoms with Crippen LogP contribution in [0.2, 0.25) is 0 Å². The maximum Gasteiger partial charge on any atom is 0.159 e. The summed E-state index contributed by atoms with van der Waals surface area (Å²) in [4.78, 5) is 0. The Labute approximate surface area is 110 Å². The van der Waals surface area contributed by atoms with Gasteiger partial charge in [0.25, 0.3) is 0 Å². The van der Waals surface area contributed by atoms with Crippen molar-refractivity contribution in [2.75, 3.05) is 5.32 Å². The van der Waals surface area contributed by atoms with Crippen molar-refractivity contribution < 1.29 is 8.78 Å². The van der Waals surface area contributed by atoms with Gasteiger partial charge in [0.2, 0.25) is 0 Å². The fraction of sp³-hybridized carbons (Fsp3) is 0.133. The van der Waals surface area contributed by atoms with Crippen molar-refractivity contribution in [3.05, 3.63) is 65.2 Å². The summed E-state index contributed by atoms with van der Waals surface area (Å²) in [6.45, 7) is 0.412. The van der Waals surface area contributed by atoms with Crippen LogP contribution >= 0.6 is 0 Å². The lowest BCUT2D eigenvalue weighted by Crippen LogP contribution is -2.00. The molecule has 0 saturated heterocycles. The van der Waals surface area contributed by atoms with Crippen LogP contribution in [0.1, 0.15) is 11.1 Å². The summed E-state index contributed by atoms with van der Waals surface area (Å²) in [6, 6.07) is 13.3. The summed E-state index contributed by atoms with van der Waals surface area (Å²) in [5, 5.41) is 11.7. The van der Waals surface area contributed by atoms with Crippen molar-refractivity contribution in [1.29, 1.82) is 5.26 Å². The van der Waals surface area contributed by atoms with Gasteiger partial charge >= 0.3 is 0 Å². The highest BCUT2D eigenvalue weighted by molar-refractivity contribution is 5.45. The number of nitriles is 1. The lowest BCUT2D eigenvalue weighted by Gasteiger charge is -2.07. The van der Waals surface area contributed by atoms with E-state index in [1.807, 2.05) is 24.3 Å². The van der Waals surface area contributed by atoms with E-state index in [2.05, 4.69) is 11.4 Å². The molecule has 0 spiro atoms. The van der Waals surface area contributed by atoms with Crippen LogP contribution in [0.25, 0.3) is 0 Å². The molecule has 0 amide bonds. The zero-order valence-electron chi connectivity index (χ0n) is 10.2. The molecular formula is C15H12F2N2. The van der Waals surface area contributed by atoms with Gasteiger partial charge in [-0.1, -0.05) is 18.2 Å². The molecular weight excluding hydrogens is 246 g/mol. The van der Waals surface area contributed by atoms with Gasteiger partial charge in [-0.25, -0.2) is 8.78 Å². The van der Waals surface area contributed by atoms with Crippen molar-refractivity contribution in [2.24, 2.45) is 0 Å². The quantitative estimate of drug-likeness (QED) is 0.908. The first kappa shape index (κ1) is 13.0. The van der Waals surface area contributed by atoms with E-state index >= 15 is 0 Å². The Kier molecular flexibility index (Phi) is 4.09. The zero-order valence-corrected chi connectivity index (χ0v) is 10.2. The van der Waals surface area contributed by atoms with Gasteiger partial charge in [-0.3, -0.25) is 0 Å². The molecule has 2 aromatic carbocycles. The van der Waals surface area contributed by atoms with Crippen LogP contribution in [0, 0.1) is 23.0 Å². The lowest BCUT2D eigenvalue weighted by molar-refractivity contribution is 0.507. The molecule has 0 radical (unpaired) electrons. The Balaban J connectivity index is 1.98. The van der Waals surface area contributed by atoms with Crippen LogP contribution in [0.3, 0.4) is 0 Å². The van der Waals surface area contributed by atoms with E-state index in [0.29, 0.717) is 18.5 Å². The smallest absolute Gasteiger partial charge is 0.159 e. The van der Waals surface area contributed by atoms with Crippen LogP contribution < -0.4 is 5.32 Å². The molecule has 0 bridgehead atoms. The normalized spacial score (nSPS) is 9.95. The summed E-state index contributed by atoms with van der Waals surface area (Å²) in [5.41, 5.74) is 2.48. The molecule has 0 aliphatic rings. The lowest BCUT2D eigenvalue weighted by atomic mass is 10.1. The monoisotopic (exact) mass is 258 g/mol. The third-order valence-corrected chi connectivity index (χ3v) is 2.72. The van der Waals surface area contributed by atoms with Crippen LogP contribution in [-0.2, 0) is 13.0 Å². The third kappa shape index (κ3) is 3.52. The molecule has 0 heterocycles. The fourth-order valence-electron chi connectivity index (χ4n) is 1.69. The van der Waals surface area contributed by atoms with E-state index in [-0.39, 0.29) is 0 Å². The van der Waals surface area contributed by atoms with E-state index in [1.54, 1.807) is 0 Å². The highest BCUT2D eigenvalue weighted by Crippen LogP contribution is 2.13. The minimum Gasteiger partial charge on any atom is -0.381 e. The average Bonchev–Trinajstić information content (AvgIpc) is 2.42. The first-order chi connectivity index (χ1) is 9.19. The van der Waals surface area contributed by atoms with Gasteiger partial charge in [-0.2, -0.15) is 5.26 Å². The molecule has 1 N–H and O–H groups in total. The molecule has 0 atom stereocenters. The van der Waals surface area contributed by atoms with Crippen LogP contribution in [0.15, 0.2) is 42.5 Å². The molecule has 0 saturated carbocycles. The van der Waals surface area contributed by atoms with Crippen molar-refractivity contribution in [3.8, 4) is 6.07 Å². The molecule has 2 rings (SSSR count). The number of rotatable bonds is 4. The molecule has 0 aromatic heterocycles. The van der Waals surface area contributed by atoms with Crippen molar-refractivity contribution in [1.82, 2.24) is 0 Å². The molecule has 0 unspecified atom stereocenters. The van der Waals surface area contributed by atoms with E-state index in [4.69, 9.17) is 5.26 Å². The molecule has 0 fully saturated rings. The molecule has 4 heteroatoms. The summed E-state index contributed by atoms with van der Waals surface area (Å²) < 4.78 is 25.8. The summed E-state index contributed by atoms with van der Waals surface area (Å²) in [7, 11) is 0. The molecule has 0 aliphatic heterocycles. The Morgan fingerprint density at radius 2 is 1.63 bits per heavy atom. The zero-order chi connectivity index (χ0) is 13.7. The minimum atomic E-state index is -0.844. The topological polar surface area (TPSA) is 35.8 Å². The van der Waals surface area contributed by atoms with Gasteiger partial charge in [0.1, 0.15) is 0 Å². The standard InChI is InChI=1S/C15H12F2N2/c16-14-6-3-12(9-15(14)17)10-19-13-4-1-11(2-5-13)7-8-18/h1-6,9,19H,7,10H2. The maximum absolute atomic E-state index is 13.0. The second-order valence-corrected chi connectivity index (χ2v) is 4.13. The Morgan fingerprint density at radius 3 is 2.26 bits per heavy atom. The highest BCUT2D eigenvalue weighted by Gasteiger charge is 2.02. The van der Waals surface area contributed by atoms with Crippen LogP contribution in [0.4, 0.5) is 14.5 Å². The predicted molar refractivity (Wildman–Crippen MR) is 69.4 cm³/mol. The largest absolute Gasteiger partial charge is 0.381 e. The SMILES string of the molecule is N#CCc1ccc(NCc2ccc(F)c(F)c2)cc1. The van der Waals surface area contributed by atoms with Crippen molar-refractivity contribution in [3.63, 3.8) is 0 Å². The molecule has 19 heavy (non-hydrogen) atoms. The number of hydrogen-bond donors (Lipinski definition) is 1. The predicted octanol–water partition coefficient (Wildman–Crippen LogP) is 3.64. The Hall–Kier alpha value is -2.41. The highest BCUT2D eigenvalue weighted by atomic mass is 19.2. The van der Waals surface area contributed by atoms with E-state index in [0.717, 1.165) is 17.3 Å². The number of nitrogens with one attached hydrogen (secondary N) is 1. The van der Waals surface area contributed by atoms with Crippen molar-refractivity contribution >= 4 is 5.69 Å². The second kappa shape index (κ2) is 5.96. The molecule has 2 aromatic rings. The Bertz CT molecular complexity index is 601. The molecule has 96 valence electrons. The number of nitrogens with zero attached hydrogens (tertiary/aromatic N) is 1. The second-order valence-electron chi connectivity index (χ2n) is 4.13. The summed E-state index contributed by atoms with van der Waals surface area (Å²) >= 11 is 0. The average molecular weight is 258 g/mol. The number of halogens is 2. The summed E-state index contributed by atoms with van der Waals surface area (Å²) in [5.74, 6) is -1.69. The fourth-order valence-corrected chi connectivity index (χ4v) is 1.69. The molecule has 0 aliphatic carbocycles. The Morgan fingerprint density at radius 1 is 0.947 bits per heavy atom. The molecule has 2 nitrogen and oxygen atoms in total. The minimum absolute atomic E-state index is 0.378. The van der Waals surface area contributed by atoms with Gasteiger partial charge in [0.15, 0.2) is 11.6 Å². The van der Waals surface area contributed by atoms with Gasteiger partial charge in [-0.05, 0) is 35.4 Å². The third-order valence-electron chi connectivity index (χ3n) is 2.72.